The van der Waals surface area contributed by atoms with Gasteiger partial charge in [-0.05, 0) is 49.7 Å². The van der Waals surface area contributed by atoms with Crippen molar-refractivity contribution < 1.29 is 14.7 Å². The fraction of sp³-hybridized carbons (Fsp3) is 0.562. The normalized spacial score (nSPS) is 15.8. The number of hydrogen-bond donors (Lipinski definition) is 2. The van der Waals surface area contributed by atoms with Crippen LogP contribution in [0.4, 0.5) is 0 Å². The monoisotopic (exact) mass is 290 g/mol. The molecule has 0 unspecified atom stereocenters. The summed E-state index contributed by atoms with van der Waals surface area (Å²) in [4.78, 5) is 27.1. The molecule has 0 aromatic carbocycles. The van der Waals surface area contributed by atoms with Crippen LogP contribution in [-0.2, 0) is 0 Å². The van der Waals surface area contributed by atoms with Crippen molar-refractivity contribution in [3.63, 3.8) is 0 Å². The summed E-state index contributed by atoms with van der Waals surface area (Å²) >= 11 is 0. The van der Waals surface area contributed by atoms with Crippen LogP contribution in [0.5, 0.6) is 0 Å². The maximum atomic E-state index is 12.1. The highest BCUT2D eigenvalue weighted by atomic mass is 16.4. The number of aromatic nitrogens is 1. The van der Waals surface area contributed by atoms with Gasteiger partial charge in [0, 0.05) is 6.54 Å². The molecule has 1 aliphatic rings. The van der Waals surface area contributed by atoms with Gasteiger partial charge < -0.3 is 10.4 Å². The summed E-state index contributed by atoms with van der Waals surface area (Å²) in [7, 11) is 0. The van der Waals surface area contributed by atoms with Gasteiger partial charge >= 0.3 is 5.97 Å². The van der Waals surface area contributed by atoms with Crippen LogP contribution in [-0.4, -0.2) is 28.5 Å². The summed E-state index contributed by atoms with van der Waals surface area (Å²) in [5.41, 5.74) is 1.03. The molecule has 2 rings (SSSR count). The zero-order valence-corrected chi connectivity index (χ0v) is 12.8. The average molecular weight is 290 g/mol. The lowest BCUT2D eigenvalue weighted by Crippen LogP contribution is -2.31. The van der Waals surface area contributed by atoms with Crippen molar-refractivity contribution in [3.05, 3.63) is 29.1 Å². The van der Waals surface area contributed by atoms with E-state index in [9.17, 15) is 9.59 Å². The first-order valence-electron chi connectivity index (χ1n) is 7.32. The first-order chi connectivity index (χ1) is 9.83. The topological polar surface area (TPSA) is 79.3 Å². The molecule has 0 saturated heterocycles. The molecule has 0 bridgehead atoms. The summed E-state index contributed by atoms with van der Waals surface area (Å²) in [5.74, 6) is -0.634. The molecule has 1 aliphatic carbocycles. The van der Waals surface area contributed by atoms with Crippen molar-refractivity contribution in [1.29, 1.82) is 0 Å². The number of nitrogens with one attached hydrogen (secondary N) is 1. The average Bonchev–Trinajstić information content (AvgIpc) is 3.14. The standard InChI is InChI=1S/C16H22N2O3/c1-10(2)8-16(6-7-16)9-17-14(19)13-5-4-12(15(20)21)11(3)18-13/h4-5,10H,6-9H2,1-3H3,(H,17,19)(H,20,21). The van der Waals surface area contributed by atoms with E-state index in [1.54, 1.807) is 6.92 Å². The highest BCUT2D eigenvalue weighted by Gasteiger charge is 2.42. The second-order valence-corrected chi connectivity index (χ2v) is 6.42. The number of nitrogens with zero attached hydrogens (tertiary/aromatic N) is 1. The van der Waals surface area contributed by atoms with E-state index < -0.39 is 5.97 Å². The molecule has 0 spiro atoms. The Labute approximate surface area is 124 Å². The lowest BCUT2D eigenvalue weighted by atomic mass is 9.94. The first-order valence-corrected chi connectivity index (χ1v) is 7.32. The smallest absolute Gasteiger partial charge is 0.337 e. The van der Waals surface area contributed by atoms with Crippen molar-refractivity contribution in [1.82, 2.24) is 10.3 Å². The van der Waals surface area contributed by atoms with E-state index in [-0.39, 0.29) is 22.6 Å². The molecule has 5 heteroatoms. The molecule has 0 aliphatic heterocycles. The Balaban J connectivity index is 1.98. The van der Waals surface area contributed by atoms with Gasteiger partial charge in [0.05, 0.1) is 11.3 Å². The minimum atomic E-state index is -1.03. The van der Waals surface area contributed by atoms with Crippen LogP contribution >= 0.6 is 0 Å². The van der Waals surface area contributed by atoms with Crippen LogP contribution in [0.3, 0.4) is 0 Å². The van der Waals surface area contributed by atoms with E-state index in [1.807, 2.05) is 0 Å². The SMILES string of the molecule is Cc1nc(C(=O)NCC2(CC(C)C)CC2)ccc1C(=O)O. The number of aromatic carboxylic acids is 1. The second kappa shape index (κ2) is 5.84. The molecular weight excluding hydrogens is 268 g/mol. The lowest BCUT2D eigenvalue weighted by Gasteiger charge is -2.18. The van der Waals surface area contributed by atoms with Crippen LogP contribution in [0.15, 0.2) is 12.1 Å². The van der Waals surface area contributed by atoms with Crippen molar-refractivity contribution in [2.75, 3.05) is 6.54 Å². The zero-order chi connectivity index (χ0) is 15.6. The highest BCUT2D eigenvalue weighted by Crippen LogP contribution is 2.50. The fourth-order valence-corrected chi connectivity index (χ4v) is 2.77. The fourth-order valence-electron chi connectivity index (χ4n) is 2.77. The zero-order valence-electron chi connectivity index (χ0n) is 12.8. The molecule has 1 fully saturated rings. The van der Waals surface area contributed by atoms with Gasteiger partial charge in [-0.25, -0.2) is 9.78 Å². The molecule has 114 valence electrons. The molecular formula is C16H22N2O3. The minimum Gasteiger partial charge on any atom is -0.478 e. The molecule has 21 heavy (non-hydrogen) atoms. The maximum absolute atomic E-state index is 12.1. The number of aryl methyl sites for hydroxylation is 1. The highest BCUT2D eigenvalue weighted by molar-refractivity contribution is 5.94. The van der Waals surface area contributed by atoms with Gasteiger partial charge in [0.2, 0.25) is 0 Å². The molecule has 1 heterocycles. The van der Waals surface area contributed by atoms with Crippen LogP contribution in [0.25, 0.3) is 0 Å². The summed E-state index contributed by atoms with van der Waals surface area (Å²) < 4.78 is 0. The molecule has 1 aromatic rings. The van der Waals surface area contributed by atoms with Gasteiger partial charge in [-0.15, -0.1) is 0 Å². The van der Waals surface area contributed by atoms with Gasteiger partial charge in [0.1, 0.15) is 5.69 Å². The Morgan fingerprint density at radius 1 is 1.38 bits per heavy atom. The Bertz CT molecular complexity index is 563. The van der Waals surface area contributed by atoms with E-state index in [0.717, 1.165) is 19.3 Å². The third kappa shape index (κ3) is 3.80. The number of pyridine rings is 1. The molecule has 0 atom stereocenters. The summed E-state index contributed by atoms with van der Waals surface area (Å²) in [6, 6.07) is 2.90. The second-order valence-electron chi connectivity index (χ2n) is 6.42. The van der Waals surface area contributed by atoms with Crippen LogP contribution in [0.2, 0.25) is 0 Å². The Morgan fingerprint density at radius 3 is 2.52 bits per heavy atom. The number of carboxylic acid groups (broad SMARTS) is 1. The third-order valence-corrected chi connectivity index (χ3v) is 3.97. The van der Waals surface area contributed by atoms with Gasteiger partial charge in [0.15, 0.2) is 0 Å². The quantitative estimate of drug-likeness (QED) is 0.844. The number of rotatable bonds is 6. The van der Waals surface area contributed by atoms with E-state index >= 15 is 0 Å². The number of carboxylic acids is 1. The van der Waals surface area contributed by atoms with Crippen molar-refractivity contribution in [2.24, 2.45) is 11.3 Å². The Hall–Kier alpha value is -1.91. The van der Waals surface area contributed by atoms with Gasteiger partial charge in [-0.3, -0.25) is 4.79 Å². The van der Waals surface area contributed by atoms with Crippen LogP contribution < -0.4 is 5.32 Å². The largest absolute Gasteiger partial charge is 0.478 e. The van der Waals surface area contributed by atoms with Gasteiger partial charge in [-0.1, -0.05) is 13.8 Å². The van der Waals surface area contributed by atoms with Gasteiger partial charge in [0.25, 0.3) is 5.91 Å². The Kier molecular flexibility index (Phi) is 4.30. The van der Waals surface area contributed by atoms with E-state index in [2.05, 4.69) is 24.1 Å². The van der Waals surface area contributed by atoms with E-state index in [4.69, 9.17) is 5.11 Å². The molecule has 0 radical (unpaired) electrons. The summed E-state index contributed by atoms with van der Waals surface area (Å²) in [5, 5.41) is 11.9. The molecule has 2 N–H and O–H groups in total. The summed E-state index contributed by atoms with van der Waals surface area (Å²) in [6.07, 6.45) is 3.45. The lowest BCUT2D eigenvalue weighted by molar-refractivity contribution is 0.0694. The summed E-state index contributed by atoms with van der Waals surface area (Å²) in [6.45, 7) is 6.65. The predicted octanol–water partition coefficient (Wildman–Crippen LogP) is 2.64. The minimum absolute atomic E-state index is 0.130. The van der Waals surface area contributed by atoms with Crippen molar-refractivity contribution in [3.8, 4) is 0 Å². The van der Waals surface area contributed by atoms with E-state index in [1.165, 1.54) is 12.1 Å². The van der Waals surface area contributed by atoms with Crippen LogP contribution in [0, 0.1) is 18.3 Å². The molecule has 5 nitrogen and oxygen atoms in total. The molecule has 1 saturated carbocycles. The van der Waals surface area contributed by atoms with E-state index in [0.29, 0.717) is 18.2 Å². The number of hydrogen-bond acceptors (Lipinski definition) is 3. The maximum Gasteiger partial charge on any atom is 0.337 e. The molecule has 1 aromatic heterocycles. The molecule has 1 amide bonds. The number of carbonyl (C=O) groups is 2. The first kappa shape index (κ1) is 15.5. The van der Waals surface area contributed by atoms with Crippen LogP contribution in [0.1, 0.15) is 59.7 Å². The number of carbonyl (C=O) groups excluding carboxylic acids is 1. The predicted molar refractivity (Wildman–Crippen MR) is 79.4 cm³/mol. The van der Waals surface area contributed by atoms with Crippen molar-refractivity contribution in [2.45, 2.75) is 40.0 Å². The van der Waals surface area contributed by atoms with Crippen molar-refractivity contribution >= 4 is 11.9 Å². The third-order valence-electron chi connectivity index (χ3n) is 3.97. The Morgan fingerprint density at radius 2 is 2.05 bits per heavy atom. The number of amides is 1. The van der Waals surface area contributed by atoms with Gasteiger partial charge in [-0.2, -0.15) is 0 Å².